The second kappa shape index (κ2) is 12.0. The van der Waals surface area contributed by atoms with Crippen molar-refractivity contribution in [1.82, 2.24) is 0 Å². The minimum absolute atomic E-state index is 1.12. The SMILES string of the molecule is c1ccc(N(c2ccc3ccc4ccccc4c3c2)c2ccccc2-c2ccc(-c3cc4c5ccccc5ccc4c4ccccc34)cc2)cc1. The van der Waals surface area contributed by atoms with Crippen LogP contribution in [-0.4, -0.2) is 0 Å². The van der Waals surface area contributed by atoms with Crippen molar-refractivity contribution in [3.63, 3.8) is 0 Å². The Labute approximate surface area is 297 Å². The third kappa shape index (κ3) is 4.94. The Morgan fingerprint density at radius 3 is 1.51 bits per heavy atom. The first kappa shape index (κ1) is 29.2. The zero-order valence-electron chi connectivity index (χ0n) is 28.0. The van der Waals surface area contributed by atoms with Gasteiger partial charge in [0.1, 0.15) is 0 Å². The molecule has 1 heteroatoms. The fourth-order valence-electron chi connectivity index (χ4n) is 7.98. The lowest BCUT2D eigenvalue weighted by Crippen LogP contribution is -2.11. The van der Waals surface area contributed by atoms with E-state index in [2.05, 4.69) is 205 Å². The molecule has 0 saturated carbocycles. The van der Waals surface area contributed by atoms with E-state index in [0.717, 1.165) is 17.1 Å². The highest BCUT2D eigenvalue weighted by molar-refractivity contribution is 6.21. The van der Waals surface area contributed by atoms with E-state index >= 15 is 0 Å². The Morgan fingerprint density at radius 1 is 0.255 bits per heavy atom. The van der Waals surface area contributed by atoms with Gasteiger partial charge >= 0.3 is 0 Å². The number of hydrogen-bond acceptors (Lipinski definition) is 1. The van der Waals surface area contributed by atoms with Crippen LogP contribution in [0.5, 0.6) is 0 Å². The van der Waals surface area contributed by atoms with Gasteiger partial charge in [-0.25, -0.2) is 0 Å². The van der Waals surface area contributed by atoms with Crippen molar-refractivity contribution in [2.75, 3.05) is 4.90 Å². The molecule has 51 heavy (non-hydrogen) atoms. The van der Waals surface area contributed by atoms with Gasteiger partial charge < -0.3 is 4.90 Å². The first-order valence-corrected chi connectivity index (χ1v) is 17.6. The smallest absolute Gasteiger partial charge is 0.0540 e. The van der Waals surface area contributed by atoms with Crippen LogP contribution in [0, 0.1) is 0 Å². The molecule has 0 saturated heterocycles. The largest absolute Gasteiger partial charge is 0.310 e. The fraction of sp³-hybridized carbons (Fsp3) is 0. The molecule has 0 atom stereocenters. The molecule has 0 fully saturated rings. The summed E-state index contributed by atoms with van der Waals surface area (Å²) in [4.78, 5) is 2.40. The summed E-state index contributed by atoms with van der Waals surface area (Å²) in [7, 11) is 0. The van der Waals surface area contributed by atoms with E-state index < -0.39 is 0 Å². The predicted molar refractivity (Wildman–Crippen MR) is 220 cm³/mol. The maximum atomic E-state index is 2.40. The molecule has 0 aromatic heterocycles. The molecule has 238 valence electrons. The summed E-state index contributed by atoms with van der Waals surface area (Å²) >= 11 is 0. The van der Waals surface area contributed by atoms with Gasteiger partial charge in [0, 0.05) is 16.9 Å². The average Bonchev–Trinajstić information content (AvgIpc) is 3.21. The maximum absolute atomic E-state index is 2.40. The van der Waals surface area contributed by atoms with Crippen LogP contribution in [0.4, 0.5) is 17.1 Å². The second-order valence-corrected chi connectivity index (χ2v) is 13.3. The van der Waals surface area contributed by atoms with Crippen molar-refractivity contribution in [1.29, 1.82) is 0 Å². The van der Waals surface area contributed by atoms with Crippen LogP contribution in [0.2, 0.25) is 0 Å². The molecule has 0 spiro atoms. The monoisotopic (exact) mass is 647 g/mol. The lowest BCUT2D eigenvalue weighted by Gasteiger charge is -2.28. The zero-order valence-corrected chi connectivity index (χ0v) is 28.0. The molecular weight excluding hydrogens is 615 g/mol. The topological polar surface area (TPSA) is 3.24 Å². The molecule has 10 rings (SSSR count). The van der Waals surface area contributed by atoms with Gasteiger partial charge in [-0.3, -0.25) is 0 Å². The van der Waals surface area contributed by atoms with Crippen molar-refractivity contribution in [2.45, 2.75) is 0 Å². The summed E-state index contributed by atoms with van der Waals surface area (Å²) in [6, 6.07) is 73.0. The molecule has 10 aromatic carbocycles. The quantitative estimate of drug-likeness (QED) is 0.168. The standard InChI is InChI=1S/C50H33N/c1-2-14-39(15-3-1)51(40-30-28-38-25-22-34-12-4-6-16-41(34)47(38)32-40)50-21-11-10-18-43(50)36-23-26-37(27-24-36)48-33-49-42-17-7-5-13-35(42)29-31-46(49)44-19-8-9-20-45(44)48/h1-33H. The lowest BCUT2D eigenvalue weighted by molar-refractivity contribution is 1.29. The van der Waals surface area contributed by atoms with E-state index in [4.69, 9.17) is 0 Å². The van der Waals surface area contributed by atoms with Gasteiger partial charge in [-0.2, -0.15) is 0 Å². The Kier molecular flexibility index (Phi) is 6.89. The molecule has 0 heterocycles. The lowest BCUT2D eigenvalue weighted by atomic mass is 9.90. The third-order valence-electron chi connectivity index (χ3n) is 10.4. The van der Waals surface area contributed by atoms with Crippen molar-refractivity contribution in [3.8, 4) is 22.3 Å². The van der Waals surface area contributed by atoms with Crippen LogP contribution in [0.25, 0.3) is 76.1 Å². The van der Waals surface area contributed by atoms with Crippen molar-refractivity contribution in [3.05, 3.63) is 200 Å². The van der Waals surface area contributed by atoms with Gasteiger partial charge in [0.2, 0.25) is 0 Å². The molecule has 0 aliphatic carbocycles. The van der Waals surface area contributed by atoms with Crippen LogP contribution >= 0.6 is 0 Å². The maximum Gasteiger partial charge on any atom is 0.0540 e. The Morgan fingerprint density at radius 2 is 0.765 bits per heavy atom. The molecule has 0 amide bonds. The Bertz CT molecular complexity index is 2900. The van der Waals surface area contributed by atoms with Crippen LogP contribution < -0.4 is 4.90 Å². The van der Waals surface area contributed by atoms with E-state index in [0.29, 0.717) is 0 Å². The van der Waals surface area contributed by atoms with Crippen LogP contribution in [-0.2, 0) is 0 Å². The van der Waals surface area contributed by atoms with Gasteiger partial charge in [0.25, 0.3) is 0 Å². The van der Waals surface area contributed by atoms with E-state index in [1.807, 2.05) is 0 Å². The van der Waals surface area contributed by atoms with Gasteiger partial charge in [-0.15, -0.1) is 0 Å². The summed E-state index contributed by atoms with van der Waals surface area (Å²) in [6.45, 7) is 0. The molecule has 10 aromatic rings. The number of hydrogen-bond donors (Lipinski definition) is 0. The normalized spacial score (nSPS) is 11.5. The van der Waals surface area contributed by atoms with Crippen molar-refractivity contribution >= 4 is 70.9 Å². The van der Waals surface area contributed by atoms with Gasteiger partial charge in [-0.05, 0) is 107 Å². The molecule has 0 radical (unpaired) electrons. The molecular formula is C50H33N. The number of para-hydroxylation sites is 2. The van der Waals surface area contributed by atoms with Crippen molar-refractivity contribution in [2.24, 2.45) is 0 Å². The van der Waals surface area contributed by atoms with Crippen LogP contribution in [0.3, 0.4) is 0 Å². The molecule has 0 aliphatic heterocycles. The highest BCUT2D eigenvalue weighted by Crippen LogP contribution is 2.43. The fourth-order valence-corrected chi connectivity index (χ4v) is 7.98. The second-order valence-electron chi connectivity index (χ2n) is 13.3. The molecule has 1 nitrogen and oxygen atoms in total. The third-order valence-corrected chi connectivity index (χ3v) is 10.4. The number of nitrogens with zero attached hydrogens (tertiary/aromatic N) is 1. The number of benzene rings is 10. The highest BCUT2D eigenvalue weighted by atomic mass is 15.1. The Hall–Kier alpha value is -6.70. The first-order chi connectivity index (χ1) is 25.3. The van der Waals surface area contributed by atoms with E-state index in [-0.39, 0.29) is 0 Å². The molecule has 0 aliphatic rings. The summed E-state index contributed by atoms with van der Waals surface area (Å²) in [5, 5.41) is 12.7. The van der Waals surface area contributed by atoms with Gasteiger partial charge in [0.05, 0.1) is 5.69 Å². The Balaban J connectivity index is 1.12. The van der Waals surface area contributed by atoms with Crippen LogP contribution in [0.1, 0.15) is 0 Å². The summed E-state index contributed by atoms with van der Waals surface area (Å²) < 4.78 is 0. The minimum atomic E-state index is 1.12. The average molecular weight is 648 g/mol. The molecule has 0 bridgehead atoms. The number of fused-ring (bicyclic) bond motifs is 8. The zero-order chi connectivity index (χ0) is 33.7. The van der Waals surface area contributed by atoms with Gasteiger partial charge in [0.15, 0.2) is 0 Å². The summed E-state index contributed by atoms with van der Waals surface area (Å²) in [5.74, 6) is 0. The van der Waals surface area contributed by atoms with Gasteiger partial charge in [-0.1, -0.05) is 164 Å². The van der Waals surface area contributed by atoms with E-state index in [1.165, 1.54) is 76.1 Å². The summed E-state index contributed by atoms with van der Waals surface area (Å²) in [5.41, 5.74) is 8.21. The van der Waals surface area contributed by atoms with E-state index in [1.54, 1.807) is 0 Å². The molecule has 0 unspecified atom stereocenters. The number of rotatable bonds is 5. The highest BCUT2D eigenvalue weighted by Gasteiger charge is 2.18. The number of anilines is 3. The van der Waals surface area contributed by atoms with Crippen molar-refractivity contribution < 1.29 is 0 Å². The first-order valence-electron chi connectivity index (χ1n) is 17.6. The molecule has 0 N–H and O–H groups in total. The summed E-state index contributed by atoms with van der Waals surface area (Å²) in [6.07, 6.45) is 0. The van der Waals surface area contributed by atoms with Crippen LogP contribution in [0.15, 0.2) is 200 Å². The predicted octanol–water partition coefficient (Wildman–Crippen LogP) is 14.3. The van der Waals surface area contributed by atoms with E-state index in [9.17, 15) is 0 Å². The minimum Gasteiger partial charge on any atom is -0.310 e.